The monoisotopic (exact) mass is 250 g/mol. The number of hydrogen-bond acceptors (Lipinski definition) is 3. The zero-order valence-electron chi connectivity index (χ0n) is 11.7. The van der Waals surface area contributed by atoms with E-state index in [-0.39, 0.29) is 0 Å². The van der Waals surface area contributed by atoms with Crippen LogP contribution in [0.25, 0.3) is 0 Å². The Balaban J connectivity index is 1.71. The lowest BCUT2D eigenvalue weighted by Crippen LogP contribution is -2.34. The molecule has 0 aromatic carbocycles. The van der Waals surface area contributed by atoms with E-state index in [1.807, 2.05) is 6.07 Å². The zero-order valence-corrected chi connectivity index (χ0v) is 11.7. The van der Waals surface area contributed by atoms with Gasteiger partial charge in [-0.1, -0.05) is 6.92 Å². The van der Waals surface area contributed by atoms with Crippen LogP contribution in [0.2, 0.25) is 0 Å². The minimum atomic E-state index is 0.590. The van der Waals surface area contributed by atoms with Crippen molar-refractivity contribution in [1.82, 2.24) is 10.2 Å². The molecule has 2 rings (SSSR count). The summed E-state index contributed by atoms with van der Waals surface area (Å²) in [4.78, 5) is 2.60. The van der Waals surface area contributed by atoms with Crippen molar-refractivity contribution in [2.24, 2.45) is 5.92 Å². The summed E-state index contributed by atoms with van der Waals surface area (Å²) in [7, 11) is 0. The van der Waals surface area contributed by atoms with Gasteiger partial charge < -0.3 is 9.73 Å². The lowest BCUT2D eigenvalue weighted by Gasteiger charge is -2.23. The van der Waals surface area contributed by atoms with E-state index in [9.17, 15) is 0 Å². The van der Waals surface area contributed by atoms with Crippen LogP contribution in [0.4, 0.5) is 0 Å². The van der Waals surface area contributed by atoms with Crippen LogP contribution < -0.4 is 5.32 Å². The van der Waals surface area contributed by atoms with Crippen LogP contribution in [0.3, 0.4) is 0 Å². The second-order valence-electron chi connectivity index (χ2n) is 5.49. The van der Waals surface area contributed by atoms with Crippen molar-refractivity contribution in [1.29, 1.82) is 0 Å². The Kier molecular flexibility index (Phi) is 5.26. The van der Waals surface area contributed by atoms with E-state index in [4.69, 9.17) is 4.42 Å². The number of furan rings is 1. The van der Waals surface area contributed by atoms with Gasteiger partial charge in [0.25, 0.3) is 0 Å². The van der Waals surface area contributed by atoms with Crippen molar-refractivity contribution >= 4 is 0 Å². The summed E-state index contributed by atoms with van der Waals surface area (Å²) in [6.45, 7) is 9.33. The molecule has 2 heterocycles. The first-order valence-corrected chi connectivity index (χ1v) is 7.26. The molecule has 102 valence electrons. The molecule has 1 aromatic heterocycles. The lowest BCUT2D eigenvalue weighted by molar-refractivity contribution is 0.238. The summed E-state index contributed by atoms with van der Waals surface area (Å²) in [6, 6.07) is 4.64. The molecule has 1 aliphatic rings. The first-order chi connectivity index (χ1) is 8.79. The highest BCUT2D eigenvalue weighted by molar-refractivity contribution is 5.00. The van der Waals surface area contributed by atoms with E-state index in [0.29, 0.717) is 6.04 Å². The van der Waals surface area contributed by atoms with Gasteiger partial charge in [-0.2, -0.15) is 0 Å². The van der Waals surface area contributed by atoms with Crippen LogP contribution in [0.15, 0.2) is 22.8 Å². The van der Waals surface area contributed by atoms with Gasteiger partial charge in [0.05, 0.1) is 6.26 Å². The Morgan fingerprint density at radius 2 is 2.44 bits per heavy atom. The number of hydrogen-bond donors (Lipinski definition) is 1. The zero-order chi connectivity index (χ0) is 12.8. The first-order valence-electron chi connectivity index (χ1n) is 7.26. The van der Waals surface area contributed by atoms with E-state index in [1.54, 1.807) is 6.26 Å². The summed E-state index contributed by atoms with van der Waals surface area (Å²) in [5.41, 5.74) is 0. The Hall–Kier alpha value is -0.800. The molecule has 1 N–H and O–H groups in total. The maximum atomic E-state index is 5.43. The highest BCUT2D eigenvalue weighted by atomic mass is 16.3. The highest BCUT2D eigenvalue weighted by Gasteiger charge is 2.25. The van der Waals surface area contributed by atoms with Crippen molar-refractivity contribution in [3.63, 3.8) is 0 Å². The maximum Gasteiger partial charge on any atom is 0.105 e. The standard InChI is InChI=1S/C15H26N2O/c1-3-7-16-11-14-6-8-17(12-14)13(2)10-15-5-4-9-18-15/h4-5,9,13-14,16H,3,6-8,10-12H2,1-2H3. The molecule has 3 heteroatoms. The Morgan fingerprint density at radius 1 is 1.56 bits per heavy atom. The van der Waals surface area contributed by atoms with Crippen molar-refractivity contribution in [2.75, 3.05) is 26.2 Å². The third-order valence-corrected chi connectivity index (χ3v) is 3.88. The fourth-order valence-corrected chi connectivity index (χ4v) is 2.76. The highest BCUT2D eigenvalue weighted by Crippen LogP contribution is 2.20. The van der Waals surface area contributed by atoms with Crippen LogP contribution in [-0.4, -0.2) is 37.1 Å². The van der Waals surface area contributed by atoms with Crippen LogP contribution >= 0.6 is 0 Å². The molecule has 3 nitrogen and oxygen atoms in total. The van der Waals surface area contributed by atoms with E-state index < -0.39 is 0 Å². The van der Waals surface area contributed by atoms with Gasteiger partial charge in [-0.3, -0.25) is 4.90 Å². The average molecular weight is 250 g/mol. The molecule has 0 bridgehead atoms. The van der Waals surface area contributed by atoms with Gasteiger partial charge in [-0.25, -0.2) is 0 Å². The molecule has 0 aliphatic carbocycles. The number of rotatable bonds is 7. The summed E-state index contributed by atoms with van der Waals surface area (Å²) in [6.07, 6.45) is 5.36. The largest absolute Gasteiger partial charge is 0.469 e. The molecule has 0 saturated carbocycles. The Labute approximate surface area is 111 Å². The van der Waals surface area contributed by atoms with Crippen molar-refractivity contribution in [2.45, 2.75) is 39.2 Å². The molecule has 0 amide bonds. The molecular formula is C15H26N2O. The van der Waals surface area contributed by atoms with Gasteiger partial charge >= 0.3 is 0 Å². The van der Waals surface area contributed by atoms with Crippen molar-refractivity contribution in [3.8, 4) is 0 Å². The number of likely N-dealkylation sites (tertiary alicyclic amines) is 1. The predicted molar refractivity (Wildman–Crippen MR) is 74.7 cm³/mol. The summed E-state index contributed by atoms with van der Waals surface area (Å²) < 4.78 is 5.43. The van der Waals surface area contributed by atoms with E-state index >= 15 is 0 Å². The van der Waals surface area contributed by atoms with Gasteiger partial charge in [0.2, 0.25) is 0 Å². The minimum absolute atomic E-state index is 0.590. The molecule has 1 fully saturated rings. The van der Waals surface area contributed by atoms with Crippen molar-refractivity contribution in [3.05, 3.63) is 24.2 Å². The molecule has 1 aliphatic heterocycles. The topological polar surface area (TPSA) is 28.4 Å². The molecule has 0 radical (unpaired) electrons. The fourth-order valence-electron chi connectivity index (χ4n) is 2.76. The SMILES string of the molecule is CCCNCC1CCN(C(C)Cc2ccco2)C1. The van der Waals surface area contributed by atoms with Crippen LogP contribution in [0, 0.1) is 5.92 Å². The van der Waals surface area contributed by atoms with Gasteiger partial charge in [0, 0.05) is 19.0 Å². The average Bonchev–Trinajstić information content (AvgIpc) is 3.00. The lowest BCUT2D eigenvalue weighted by atomic mass is 10.1. The number of nitrogens with zero attached hydrogens (tertiary/aromatic N) is 1. The molecule has 18 heavy (non-hydrogen) atoms. The van der Waals surface area contributed by atoms with Gasteiger partial charge in [0.1, 0.15) is 5.76 Å². The second kappa shape index (κ2) is 6.95. The van der Waals surface area contributed by atoms with E-state index in [0.717, 1.165) is 24.6 Å². The van der Waals surface area contributed by atoms with Gasteiger partial charge in [-0.05, 0) is 57.5 Å². The third-order valence-electron chi connectivity index (χ3n) is 3.88. The normalized spacial score (nSPS) is 22.4. The fraction of sp³-hybridized carbons (Fsp3) is 0.733. The molecular weight excluding hydrogens is 224 g/mol. The Bertz CT molecular complexity index is 323. The molecule has 1 saturated heterocycles. The van der Waals surface area contributed by atoms with Crippen LogP contribution in [0.1, 0.15) is 32.4 Å². The van der Waals surface area contributed by atoms with E-state index in [1.165, 1.54) is 32.5 Å². The minimum Gasteiger partial charge on any atom is -0.469 e. The summed E-state index contributed by atoms with van der Waals surface area (Å²) >= 11 is 0. The maximum absolute atomic E-state index is 5.43. The van der Waals surface area contributed by atoms with Crippen molar-refractivity contribution < 1.29 is 4.42 Å². The molecule has 2 unspecified atom stereocenters. The summed E-state index contributed by atoms with van der Waals surface area (Å²) in [5.74, 6) is 1.94. The third kappa shape index (κ3) is 3.85. The van der Waals surface area contributed by atoms with Crippen LogP contribution in [0.5, 0.6) is 0 Å². The van der Waals surface area contributed by atoms with Crippen LogP contribution in [-0.2, 0) is 6.42 Å². The molecule has 1 aromatic rings. The van der Waals surface area contributed by atoms with Gasteiger partial charge in [-0.15, -0.1) is 0 Å². The molecule has 2 atom stereocenters. The number of nitrogens with one attached hydrogen (secondary N) is 1. The van der Waals surface area contributed by atoms with E-state index in [2.05, 4.69) is 30.1 Å². The predicted octanol–water partition coefficient (Wildman–Crippen LogP) is 2.53. The first kappa shape index (κ1) is 13.6. The molecule has 0 spiro atoms. The smallest absolute Gasteiger partial charge is 0.105 e. The quantitative estimate of drug-likeness (QED) is 0.754. The second-order valence-corrected chi connectivity index (χ2v) is 5.49. The summed E-state index contributed by atoms with van der Waals surface area (Å²) in [5, 5.41) is 3.54. The Morgan fingerprint density at radius 3 is 3.17 bits per heavy atom. The van der Waals surface area contributed by atoms with Gasteiger partial charge in [0.15, 0.2) is 0 Å².